The van der Waals surface area contributed by atoms with Gasteiger partial charge in [0.2, 0.25) is 0 Å². The van der Waals surface area contributed by atoms with Crippen LogP contribution in [0.25, 0.3) is 0 Å². The van der Waals surface area contributed by atoms with Crippen LogP contribution < -0.4 is 0 Å². The van der Waals surface area contributed by atoms with Gasteiger partial charge in [0, 0.05) is 17.9 Å². The maximum atomic E-state index is 3.83. The summed E-state index contributed by atoms with van der Waals surface area (Å²) < 4.78 is 0. The van der Waals surface area contributed by atoms with Gasteiger partial charge in [-0.15, -0.1) is 0 Å². The summed E-state index contributed by atoms with van der Waals surface area (Å²) in [6.45, 7) is 6.78. The fraction of sp³-hybridized carbons (Fsp3) is 1.00. The quantitative estimate of drug-likeness (QED) is 0.693. The molecule has 1 aliphatic carbocycles. The Morgan fingerprint density at radius 1 is 0.810 bits per heavy atom. The molecule has 2 aliphatic heterocycles. The number of likely N-dealkylation sites (tertiary alicyclic amines) is 2. The number of rotatable bonds is 4. The summed E-state index contributed by atoms with van der Waals surface area (Å²) in [5.41, 5.74) is 0.593. The maximum absolute atomic E-state index is 3.83. The molecule has 0 unspecified atom stereocenters. The van der Waals surface area contributed by atoms with E-state index in [1.165, 1.54) is 102 Å². The van der Waals surface area contributed by atoms with Crippen molar-refractivity contribution in [2.24, 2.45) is 5.41 Å². The molecule has 0 spiro atoms. The number of alkyl halides is 1. The highest BCUT2D eigenvalue weighted by molar-refractivity contribution is 9.09. The van der Waals surface area contributed by atoms with Gasteiger partial charge in [-0.25, -0.2) is 0 Å². The Kier molecular flexibility index (Phi) is 6.03. The highest BCUT2D eigenvalue weighted by atomic mass is 79.9. The lowest BCUT2D eigenvalue weighted by atomic mass is 9.75. The van der Waals surface area contributed by atoms with E-state index in [1.54, 1.807) is 0 Å². The molecule has 0 aromatic rings. The molecule has 122 valence electrons. The third kappa shape index (κ3) is 4.23. The normalized spacial score (nSPS) is 29.6. The van der Waals surface area contributed by atoms with Crippen LogP contribution in [0.2, 0.25) is 0 Å². The second kappa shape index (κ2) is 7.79. The first-order valence-electron chi connectivity index (χ1n) is 9.34. The van der Waals surface area contributed by atoms with E-state index in [4.69, 9.17) is 0 Å². The SMILES string of the molecule is BrCC1(CN2CCC(N3CCCCC3)CC2)CCCCC1. The molecule has 3 aliphatic rings. The standard InChI is InChI=1S/C18H33BrN2/c19-15-18(9-3-1-4-10-18)16-20-13-7-17(8-14-20)21-11-5-2-6-12-21/h17H,1-16H2. The molecule has 1 saturated carbocycles. The molecular weight excluding hydrogens is 324 g/mol. The minimum atomic E-state index is 0.593. The molecule has 0 radical (unpaired) electrons. The van der Waals surface area contributed by atoms with Crippen molar-refractivity contribution < 1.29 is 0 Å². The molecule has 21 heavy (non-hydrogen) atoms. The monoisotopic (exact) mass is 356 g/mol. The molecule has 0 atom stereocenters. The topological polar surface area (TPSA) is 6.48 Å². The molecule has 2 heterocycles. The van der Waals surface area contributed by atoms with Gasteiger partial charge in [0.1, 0.15) is 0 Å². The van der Waals surface area contributed by atoms with Crippen molar-refractivity contribution in [1.82, 2.24) is 9.80 Å². The van der Waals surface area contributed by atoms with Crippen LogP contribution in [0.5, 0.6) is 0 Å². The number of halogens is 1. The first kappa shape index (κ1) is 16.3. The highest BCUT2D eigenvalue weighted by Gasteiger charge is 2.34. The van der Waals surface area contributed by atoms with Crippen molar-refractivity contribution in [2.75, 3.05) is 38.1 Å². The Labute approximate surface area is 139 Å². The Morgan fingerprint density at radius 3 is 2.05 bits per heavy atom. The zero-order valence-electron chi connectivity index (χ0n) is 13.7. The van der Waals surface area contributed by atoms with Gasteiger partial charge in [-0.2, -0.15) is 0 Å². The molecule has 3 fully saturated rings. The summed E-state index contributed by atoms with van der Waals surface area (Å²) in [6.07, 6.45) is 14.4. The van der Waals surface area contributed by atoms with Crippen LogP contribution in [0.4, 0.5) is 0 Å². The van der Waals surface area contributed by atoms with Gasteiger partial charge in [0.25, 0.3) is 0 Å². The highest BCUT2D eigenvalue weighted by Crippen LogP contribution is 2.39. The average Bonchev–Trinajstić information content (AvgIpc) is 2.57. The average molecular weight is 357 g/mol. The van der Waals surface area contributed by atoms with Gasteiger partial charge < -0.3 is 9.80 Å². The number of piperidine rings is 2. The largest absolute Gasteiger partial charge is 0.303 e. The van der Waals surface area contributed by atoms with E-state index < -0.39 is 0 Å². The van der Waals surface area contributed by atoms with Gasteiger partial charge >= 0.3 is 0 Å². The van der Waals surface area contributed by atoms with Crippen LogP contribution in [-0.2, 0) is 0 Å². The van der Waals surface area contributed by atoms with Crippen LogP contribution in [0.1, 0.15) is 64.2 Å². The molecule has 3 heteroatoms. The first-order valence-corrected chi connectivity index (χ1v) is 10.5. The minimum absolute atomic E-state index is 0.593. The Bertz CT molecular complexity index is 300. The Morgan fingerprint density at radius 2 is 1.43 bits per heavy atom. The van der Waals surface area contributed by atoms with Gasteiger partial charge in [-0.3, -0.25) is 0 Å². The smallest absolute Gasteiger partial charge is 0.0120 e. The Balaban J connectivity index is 1.46. The summed E-state index contributed by atoms with van der Waals surface area (Å²) in [5.74, 6) is 0. The third-order valence-corrected chi connectivity index (χ3v) is 7.41. The van der Waals surface area contributed by atoms with Gasteiger partial charge in [-0.1, -0.05) is 41.6 Å². The van der Waals surface area contributed by atoms with E-state index in [1.807, 2.05) is 0 Å². The van der Waals surface area contributed by atoms with Crippen molar-refractivity contribution in [3.63, 3.8) is 0 Å². The zero-order chi connectivity index (χ0) is 14.5. The van der Waals surface area contributed by atoms with Crippen LogP contribution in [0.15, 0.2) is 0 Å². The Hall–Kier alpha value is 0.400. The van der Waals surface area contributed by atoms with E-state index in [2.05, 4.69) is 25.7 Å². The van der Waals surface area contributed by atoms with Crippen LogP contribution in [-0.4, -0.2) is 53.9 Å². The lowest BCUT2D eigenvalue weighted by Crippen LogP contribution is -2.49. The van der Waals surface area contributed by atoms with E-state index >= 15 is 0 Å². The predicted octanol–water partition coefficient (Wildman–Crippen LogP) is 4.28. The summed E-state index contributed by atoms with van der Waals surface area (Å²) in [4.78, 5) is 5.58. The first-order chi connectivity index (χ1) is 10.3. The van der Waals surface area contributed by atoms with Gasteiger partial charge in [-0.05, 0) is 70.1 Å². The second-order valence-electron chi connectivity index (χ2n) is 7.80. The van der Waals surface area contributed by atoms with Crippen molar-refractivity contribution in [3.8, 4) is 0 Å². The molecule has 0 amide bonds. The molecular formula is C18H33BrN2. The zero-order valence-corrected chi connectivity index (χ0v) is 15.2. The summed E-state index contributed by atoms with van der Waals surface area (Å²) in [6, 6.07) is 0.896. The van der Waals surface area contributed by atoms with Crippen LogP contribution in [0, 0.1) is 5.41 Å². The van der Waals surface area contributed by atoms with Gasteiger partial charge in [0.15, 0.2) is 0 Å². The molecule has 3 rings (SSSR count). The third-order valence-electron chi connectivity index (χ3n) is 6.22. The fourth-order valence-corrected chi connectivity index (χ4v) is 5.57. The number of hydrogen-bond donors (Lipinski definition) is 0. The summed E-state index contributed by atoms with van der Waals surface area (Å²) >= 11 is 3.83. The van der Waals surface area contributed by atoms with Crippen molar-refractivity contribution in [3.05, 3.63) is 0 Å². The molecule has 0 N–H and O–H groups in total. The van der Waals surface area contributed by atoms with Crippen molar-refractivity contribution >= 4 is 15.9 Å². The fourth-order valence-electron chi connectivity index (χ4n) is 4.84. The maximum Gasteiger partial charge on any atom is 0.0120 e. The van der Waals surface area contributed by atoms with E-state index in [0.29, 0.717) is 5.41 Å². The summed E-state index contributed by atoms with van der Waals surface area (Å²) in [5, 5.41) is 1.21. The number of hydrogen-bond acceptors (Lipinski definition) is 2. The molecule has 0 aromatic carbocycles. The van der Waals surface area contributed by atoms with E-state index in [9.17, 15) is 0 Å². The van der Waals surface area contributed by atoms with E-state index in [-0.39, 0.29) is 0 Å². The minimum Gasteiger partial charge on any atom is -0.303 e. The molecule has 0 aromatic heterocycles. The molecule has 2 nitrogen and oxygen atoms in total. The van der Waals surface area contributed by atoms with Gasteiger partial charge in [0.05, 0.1) is 0 Å². The van der Waals surface area contributed by atoms with E-state index in [0.717, 1.165) is 6.04 Å². The van der Waals surface area contributed by atoms with Crippen molar-refractivity contribution in [1.29, 1.82) is 0 Å². The summed E-state index contributed by atoms with van der Waals surface area (Å²) in [7, 11) is 0. The molecule has 2 saturated heterocycles. The van der Waals surface area contributed by atoms with Crippen LogP contribution >= 0.6 is 15.9 Å². The number of nitrogens with zero attached hydrogens (tertiary/aromatic N) is 2. The van der Waals surface area contributed by atoms with Crippen molar-refractivity contribution in [2.45, 2.75) is 70.3 Å². The second-order valence-corrected chi connectivity index (χ2v) is 8.36. The lowest BCUT2D eigenvalue weighted by Gasteiger charge is -2.44. The van der Waals surface area contributed by atoms with Crippen LogP contribution in [0.3, 0.4) is 0 Å². The lowest BCUT2D eigenvalue weighted by molar-refractivity contribution is 0.0611. The molecule has 0 bridgehead atoms. The predicted molar refractivity (Wildman–Crippen MR) is 94.2 cm³/mol.